The Hall–Kier alpha value is -2.22. The van der Waals surface area contributed by atoms with Gasteiger partial charge in [0.25, 0.3) is 0 Å². The van der Waals surface area contributed by atoms with Gasteiger partial charge in [-0.2, -0.15) is 9.97 Å². The van der Waals surface area contributed by atoms with E-state index in [0.717, 1.165) is 23.5 Å². The van der Waals surface area contributed by atoms with Crippen molar-refractivity contribution in [3.8, 4) is 0 Å². The van der Waals surface area contributed by atoms with Crippen LogP contribution in [-0.4, -0.2) is 24.9 Å². The molecule has 0 unspecified atom stereocenters. The largest absolute Gasteiger partial charge is 0.368 e. The highest BCUT2D eigenvalue weighted by Gasteiger charge is 2.18. The van der Waals surface area contributed by atoms with Gasteiger partial charge in [0.05, 0.1) is 12.0 Å². The van der Waals surface area contributed by atoms with E-state index in [1.54, 1.807) is 17.7 Å². The number of H-pyrrole nitrogens is 1. The van der Waals surface area contributed by atoms with Crippen LogP contribution in [0.4, 0.5) is 16.9 Å². The summed E-state index contributed by atoms with van der Waals surface area (Å²) in [6.07, 6.45) is 4.98. The molecule has 1 aliphatic rings. The molecule has 3 heterocycles. The number of hydrogen-bond donors (Lipinski definition) is 3. The van der Waals surface area contributed by atoms with E-state index in [1.807, 2.05) is 0 Å². The van der Waals surface area contributed by atoms with Crippen molar-refractivity contribution in [2.75, 3.05) is 11.1 Å². The minimum absolute atomic E-state index is 0.200. The number of aromatic amines is 1. The molecule has 0 saturated heterocycles. The number of nitrogens with one attached hydrogen (secondary N) is 2. The number of fused-ring (bicyclic) bond motifs is 2. The lowest BCUT2D eigenvalue weighted by molar-refractivity contribution is 0.900. The Morgan fingerprint density at radius 3 is 3.11 bits per heavy atom. The van der Waals surface area contributed by atoms with Crippen molar-refractivity contribution in [2.45, 2.75) is 19.3 Å². The van der Waals surface area contributed by atoms with E-state index in [1.165, 1.54) is 17.0 Å². The summed E-state index contributed by atoms with van der Waals surface area (Å²) in [5.74, 6) is 0.818. The predicted octanol–water partition coefficient (Wildman–Crippen LogP) is 1.62. The Morgan fingerprint density at radius 1 is 1.26 bits per heavy atom. The van der Waals surface area contributed by atoms with Crippen LogP contribution >= 0.6 is 11.3 Å². The van der Waals surface area contributed by atoms with Crippen LogP contribution in [0.2, 0.25) is 0 Å². The number of nitrogens with zero attached hydrogens (tertiary/aromatic N) is 4. The van der Waals surface area contributed by atoms with Gasteiger partial charge in [-0.3, -0.25) is 0 Å². The monoisotopic (exact) mass is 273 g/mol. The lowest BCUT2D eigenvalue weighted by Gasteiger charge is -2.03. The Bertz CT molecular complexity index is 738. The molecule has 0 aromatic carbocycles. The number of rotatable bonds is 2. The molecule has 0 amide bonds. The van der Waals surface area contributed by atoms with Gasteiger partial charge < -0.3 is 16.0 Å². The molecule has 4 rings (SSSR count). The fourth-order valence-electron chi connectivity index (χ4n) is 2.29. The highest BCUT2D eigenvalue weighted by molar-refractivity contribution is 7.15. The summed E-state index contributed by atoms with van der Waals surface area (Å²) in [5.41, 5.74) is 8.18. The first-order valence-electron chi connectivity index (χ1n) is 6.02. The summed E-state index contributed by atoms with van der Waals surface area (Å²) in [6.45, 7) is 0. The van der Waals surface area contributed by atoms with Crippen LogP contribution in [-0.2, 0) is 12.8 Å². The van der Waals surface area contributed by atoms with Crippen molar-refractivity contribution >= 4 is 39.4 Å². The van der Waals surface area contributed by atoms with Gasteiger partial charge in [-0.1, -0.05) is 0 Å². The van der Waals surface area contributed by atoms with Gasteiger partial charge in [0, 0.05) is 4.88 Å². The molecular formula is C11H11N7S. The Balaban J connectivity index is 1.75. The number of aryl methyl sites for hydroxylation is 2. The fourth-order valence-corrected chi connectivity index (χ4v) is 3.33. The lowest BCUT2D eigenvalue weighted by Crippen LogP contribution is -2.01. The average molecular weight is 273 g/mol. The molecule has 3 aromatic rings. The third kappa shape index (κ3) is 1.72. The van der Waals surface area contributed by atoms with Crippen molar-refractivity contribution in [3.63, 3.8) is 0 Å². The summed E-state index contributed by atoms with van der Waals surface area (Å²) >= 11 is 1.68. The molecule has 7 nitrogen and oxygen atoms in total. The molecule has 8 heteroatoms. The zero-order valence-corrected chi connectivity index (χ0v) is 10.8. The molecule has 0 fully saturated rings. The first-order valence-corrected chi connectivity index (χ1v) is 6.83. The summed E-state index contributed by atoms with van der Waals surface area (Å²) in [5, 5.41) is 4.05. The molecule has 0 aliphatic heterocycles. The SMILES string of the molecule is Nc1nc(Nc2nc3c(s2)CCC3)c2[nH]cnc2n1. The van der Waals surface area contributed by atoms with Gasteiger partial charge in [-0.15, -0.1) is 11.3 Å². The summed E-state index contributed by atoms with van der Waals surface area (Å²) in [6, 6.07) is 0. The van der Waals surface area contributed by atoms with Crippen molar-refractivity contribution in [3.05, 3.63) is 16.9 Å². The molecule has 19 heavy (non-hydrogen) atoms. The van der Waals surface area contributed by atoms with Crippen LogP contribution in [0.1, 0.15) is 17.0 Å². The van der Waals surface area contributed by atoms with Gasteiger partial charge in [0.2, 0.25) is 5.95 Å². The van der Waals surface area contributed by atoms with Crippen LogP contribution in [0, 0.1) is 0 Å². The Kier molecular flexibility index (Phi) is 2.18. The topological polar surface area (TPSA) is 105 Å². The molecule has 4 N–H and O–H groups in total. The van der Waals surface area contributed by atoms with Crippen LogP contribution in [0.5, 0.6) is 0 Å². The second-order valence-corrected chi connectivity index (χ2v) is 5.48. The normalized spacial score (nSPS) is 13.9. The number of aromatic nitrogens is 5. The summed E-state index contributed by atoms with van der Waals surface area (Å²) in [7, 11) is 0. The first kappa shape index (κ1) is 10.7. The number of nitrogen functional groups attached to an aromatic ring is 1. The molecule has 0 bridgehead atoms. The zero-order chi connectivity index (χ0) is 12.8. The Morgan fingerprint density at radius 2 is 2.21 bits per heavy atom. The van der Waals surface area contributed by atoms with Crippen molar-refractivity contribution in [2.24, 2.45) is 0 Å². The molecule has 0 radical (unpaired) electrons. The number of anilines is 3. The van der Waals surface area contributed by atoms with E-state index in [4.69, 9.17) is 5.73 Å². The number of hydrogen-bond acceptors (Lipinski definition) is 7. The van der Waals surface area contributed by atoms with Crippen molar-refractivity contribution in [1.82, 2.24) is 24.9 Å². The number of imidazole rings is 1. The molecule has 3 aromatic heterocycles. The quantitative estimate of drug-likeness (QED) is 0.655. The Labute approximate surface area is 112 Å². The highest BCUT2D eigenvalue weighted by Crippen LogP contribution is 2.32. The van der Waals surface area contributed by atoms with E-state index in [0.29, 0.717) is 11.5 Å². The number of thiazole rings is 1. The zero-order valence-electron chi connectivity index (χ0n) is 9.97. The van der Waals surface area contributed by atoms with E-state index < -0.39 is 0 Å². The maximum absolute atomic E-state index is 5.68. The molecule has 1 aliphatic carbocycles. The minimum atomic E-state index is 0.200. The molecule has 0 atom stereocenters. The molecule has 96 valence electrons. The molecule has 0 saturated carbocycles. The first-order chi connectivity index (χ1) is 9.29. The highest BCUT2D eigenvalue weighted by atomic mass is 32.1. The van der Waals surface area contributed by atoms with Gasteiger partial charge in [0.1, 0.15) is 5.52 Å². The maximum atomic E-state index is 5.68. The van der Waals surface area contributed by atoms with Crippen LogP contribution < -0.4 is 11.1 Å². The second kappa shape index (κ2) is 3.89. The van der Waals surface area contributed by atoms with Crippen LogP contribution in [0.3, 0.4) is 0 Å². The van der Waals surface area contributed by atoms with Crippen molar-refractivity contribution < 1.29 is 0 Å². The van der Waals surface area contributed by atoms with Crippen molar-refractivity contribution in [1.29, 1.82) is 0 Å². The van der Waals surface area contributed by atoms with Gasteiger partial charge in [-0.05, 0) is 19.3 Å². The molecule has 0 spiro atoms. The van der Waals surface area contributed by atoms with E-state index in [2.05, 4.69) is 30.2 Å². The third-order valence-corrected chi connectivity index (χ3v) is 4.20. The van der Waals surface area contributed by atoms with E-state index in [9.17, 15) is 0 Å². The fraction of sp³-hybridized carbons (Fsp3) is 0.273. The van der Waals surface area contributed by atoms with E-state index in [-0.39, 0.29) is 5.95 Å². The second-order valence-electron chi connectivity index (χ2n) is 4.40. The lowest BCUT2D eigenvalue weighted by atomic mass is 10.4. The molecular weight excluding hydrogens is 262 g/mol. The van der Waals surface area contributed by atoms with Gasteiger partial charge >= 0.3 is 0 Å². The predicted molar refractivity (Wildman–Crippen MR) is 73.5 cm³/mol. The summed E-state index contributed by atoms with van der Waals surface area (Å²) in [4.78, 5) is 21.3. The van der Waals surface area contributed by atoms with Crippen LogP contribution in [0.15, 0.2) is 6.33 Å². The average Bonchev–Trinajstić information content (AvgIpc) is 3.02. The smallest absolute Gasteiger partial charge is 0.224 e. The minimum Gasteiger partial charge on any atom is -0.368 e. The maximum Gasteiger partial charge on any atom is 0.224 e. The van der Waals surface area contributed by atoms with E-state index >= 15 is 0 Å². The van der Waals surface area contributed by atoms with Crippen LogP contribution in [0.25, 0.3) is 11.2 Å². The third-order valence-electron chi connectivity index (χ3n) is 3.12. The standard InChI is InChI=1S/C11H11N7S/c12-10-16-8-7(13-4-14-8)9(17-10)18-11-15-5-2-1-3-6(5)19-11/h4H,1-3H2,(H4,12,13,14,15,16,17,18). The van der Waals surface area contributed by atoms with Gasteiger partial charge in [0.15, 0.2) is 16.6 Å². The number of nitrogens with two attached hydrogens (primary N) is 1. The van der Waals surface area contributed by atoms with Gasteiger partial charge in [-0.25, -0.2) is 9.97 Å². The summed E-state index contributed by atoms with van der Waals surface area (Å²) < 4.78 is 0.